The van der Waals surface area contributed by atoms with E-state index in [9.17, 15) is 4.39 Å². The Morgan fingerprint density at radius 2 is 1.89 bits per heavy atom. The molecular formula is C15H15FN2O. The summed E-state index contributed by atoms with van der Waals surface area (Å²) in [6.45, 7) is 1.87. The highest BCUT2D eigenvalue weighted by atomic mass is 19.1. The molecule has 2 heterocycles. The first kappa shape index (κ1) is 12.1. The highest BCUT2D eigenvalue weighted by Crippen LogP contribution is 2.21. The van der Waals surface area contributed by atoms with Gasteiger partial charge in [0.2, 0.25) is 5.88 Å². The van der Waals surface area contributed by atoms with Crippen molar-refractivity contribution in [2.24, 2.45) is 0 Å². The molecule has 1 aromatic carbocycles. The Labute approximate surface area is 111 Å². The average molecular weight is 258 g/mol. The van der Waals surface area contributed by atoms with E-state index in [2.05, 4.69) is 10.3 Å². The van der Waals surface area contributed by atoms with Gasteiger partial charge in [0.25, 0.3) is 0 Å². The number of hydrogen-bond acceptors (Lipinski definition) is 3. The van der Waals surface area contributed by atoms with Crippen LogP contribution in [0, 0.1) is 5.82 Å². The maximum absolute atomic E-state index is 12.9. The molecule has 1 fully saturated rings. The Bertz CT molecular complexity index is 533. The van der Waals surface area contributed by atoms with E-state index in [1.807, 2.05) is 12.1 Å². The Morgan fingerprint density at radius 3 is 2.53 bits per heavy atom. The molecule has 1 atom stereocenters. The lowest BCUT2D eigenvalue weighted by Crippen LogP contribution is -2.19. The molecule has 1 saturated heterocycles. The molecule has 19 heavy (non-hydrogen) atoms. The molecule has 98 valence electrons. The van der Waals surface area contributed by atoms with E-state index in [4.69, 9.17) is 4.74 Å². The molecule has 2 aromatic rings. The van der Waals surface area contributed by atoms with Crippen LogP contribution in [0.4, 0.5) is 4.39 Å². The maximum Gasteiger partial charge on any atom is 0.213 e. The second kappa shape index (κ2) is 5.36. The van der Waals surface area contributed by atoms with Crippen molar-refractivity contribution >= 4 is 0 Å². The summed E-state index contributed by atoms with van der Waals surface area (Å²) in [4.78, 5) is 4.30. The van der Waals surface area contributed by atoms with E-state index in [1.54, 1.807) is 18.3 Å². The van der Waals surface area contributed by atoms with Crippen molar-refractivity contribution in [2.45, 2.75) is 12.5 Å². The molecule has 1 aliphatic heterocycles. The molecule has 1 aliphatic rings. The minimum atomic E-state index is -0.231. The number of nitrogens with zero attached hydrogens (tertiary/aromatic N) is 1. The molecule has 1 unspecified atom stereocenters. The van der Waals surface area contributed by atoms with Crippen molar-refractivity contribution in [1.82, 2.24) is 10.3 Å². The SMILES string of the molecule is Fc1ccc(-c2ccc(OC3CCNC3)nc2)cc1. The van der Waals surface area contributed by atoms with E-state index in [1.165, 1.54) is 12.1 Å². The highest BCUT2D eigenvalue weighted by Gasteiger charge is 2.16. The van der Waals surface area contributed by atoms with Gasteiger partial charge in [0.05, 0.1) is 0 Å². The van der Waals surface area contributed by atoms with Crippen LogP contribution in [0.5, 0.6) is 5.88 Å². The lowest BCUT2D eigenvalue weighted by atomic mass is 10.1. The molecule has 1 aromatic heterocycles. The first-order valence-electron chi connectivity index (χ1n) is 6.40. The zero-order valence-electron chi connectivity index (χ0n) is 10.5. The van der Waals surface area contributed by atoms with Crippen LogP contribution in [0.25, 0.3) is 11.1 Å². The van der Waals surface area contributed by atoms with Crippen LogP contribution >= 0.6 is 0 Å². The number of nitrogens with one attached hydrogen (secondary N) is 1. The first-order valence-corrected chi connectivity index (χ1v) is 6.40. The van der Waals surface area contributed by atoms with Gasteiger partial charge in [0, 0.05) is 24.4 Å². The molecule has 0 amide bonds. The van der Waals surface area contributed by atoms with Crippen LogP contribution in [0.2, 0.25) is 0 Å². The molecule has 0 bridgehead atoms. The van der Waals surface area contributed by atoms with Gasteiger partial charge in [-0.05, 0) is 36.7 Å². The Balaban J connectivity index is 1.72. The summed E-state index contributed by atoms with van der Waals surface area (Å²) in [6, 6.07) is 10.2. The summed E-state index contributed by atoms with van der Waals surface area (Å²) >= 11 is 0. The number of halogens is 1. The summed E-state index contributed by atoms with van der Waals surface area (Å²) in [7, 11) is 0. The minimum absolute atomic E-state index is 0.212. The van der Waals surface area contributed by atoms with Gasteiger partial charge in [-0.2, -0.15) is 0 Å². The molecule has 3 nitrogen and oxygen atoms in total. The van der Waals surface area contributed by atoms with Gasteiger partial charge in [-0.25, -0.2) is 9.37 Å². The van der Waals surface area contributed by atoms with Crippen LogP contribution < -0.4 is 10.1 Å². The zero-order valence-corrected chi connectivity index (χ0v) is 10.5. The van der Waals surface area contributed by atoms with E-state index in [0.717, 1.165) is 30.6 Å². The minimum Gasteiger partial charge on any atom is -0.473 e. The van der Waals surface area contributed by atoms with Gasteiger partial charge >= 0.3 is 0 Å². The van der Waals surface area contributed by atoms with Crippen molar-refractivity contribution in [1.29, 1.82) is 0 Å². The third-order valence-electron chi connectivity index (χ3n) is 3.22. The van der Waals surface area contributed by atoms with E-state index in [-0.39, 0.29) is 11.9 Å². The quantitative estimate of drug-likeness (QED) is 0.919. The molecule has 0 saturated carbocycles. The van der Waals surface area contributed by atoms with Crippen LogP contribution in [0.1, 0.15) is 6.42 Å². The van der Waals surface area contributed by atoms with E-state index in [0.29, 0.717) is 5.88 Å². The monoisotopic (exact) mass is 258 g/mol. The van der Waals surface area contributed by atoms with Crippen LogP contribution in [-0.4, -0.2) is 24.2 Å². The molecular weight excluding hydrogens is 243 g/mol. The second-order valence-electron chi connectivity index (χ2n) is 4.62. The summed E-state index contributed by atoms with van der Waals surface area (Å²) in [5.74, 6) is 0.407. The third-order valence-corrected chi connectivity index (χ3v) is 3.22. The normalized spacial score (nSPS) is 18.5. The summed E-state index contributed by atoms with van der Waals surface area (Å²) in [6.07, 6.45) is 2.98. The van der Waals surface area contributed by atoms with Crippen molar-refractivity contribution in [2.75, 3.05) is 13.1 Å². The van der Waals surface area contributed by atoms with Gasteiger partial charge < -0.3 is 10.1 Å². The standard InChI is InChI=1S/C15H15FN2O/c16-13-4-1-11(2-5-13)12-3-6-15(18-9-12)19-14-7-8-17-10-14/h1-6,9,14,17H,7-8,10H2. The number of rotatable bonds is 3. The lowest BCUT2D eigenvalue weighted by molar-refractivity contribution is 0.214. The molecule has 0 radical (unpaired) electrons. The highest BCUT2D eigenvalue weighted by molar-refractivity contribution is 5.62. The number of benzene rings is 1. The fourth-order valence-electron chi connectivity index (χ4n) is 2.16. The Morgan fingerprint density at radius 1 is 1.11 bits per heavy atom. The molecule has 0 aliphatic carbocycles. The number of hydrogen-bond donors (Lipinski definition) is 1. The fourth-order valence-corrected chi connectivity index (χ4v) is 2.16. The molecule has 3 rings (SSSR count). The molecule has 4 heteroatoms. The van der Waals surface area contributed by atoms with Gasteiger partial charge in [-0.3, -0.25) is 0 Å². The van der Waals surface area contributed by atoms with E-state index < -0.39 is 0 Å². The lowest BCUT2D eigenvalue weighted by Gasteiger charge is -2.11. The Kier molecular flexibility index (Phi) is 3.42. The number of pyridine rings is 1. The van der Waals surface area contributed by atoms with Crippen LogP contribution in [0.3, 0.4) is 0 Å². The third kappa shape index (κ3) is 2.90. The van der Waals surface area contributed by atoms with Crippen molar-refractivity contribution in [3.63, 3.8) is 0 Å². The first-order chi connectivity index (χ1) is 9.31. The predicted molar refractivity (Wildman–Crippen MR) is 71.5 cm³/mol. The second-order valence-corrected chi connectivity index (χ2v) is 4.62. The number of ether oxygens (including phenoxy) is 1. The van der Waals surface area contributed by atoms with Gasteiger partial charge in [-0.1, -0.05) is 12.1 Å². The maximum atomic E-state index is 12.9. The molecule has 0 spiro atoms. The average Bonchev–Trinajstić information content (AvgIpc) is 2.94. The number of aromatic nitrogens is 1. The molecule has 1 N–H and O–H groups in total. The van der Waals surface area contributed by atoms with Crippen LogP contribution in [-0.2, 0) is 0 Å². The largest absolute Gasteiger partial charge is 0.473 e. The van der Waals surface area contributed by atoms with Crippen molar-refractivity contribution in [3.8, 4) is 17.0 Å². The van der Waals surface area contributed by atoms with Gasteiger partial charge in [-0.15, -0.1) is 0 Å². The van der Waals surface area contributed by atoms with Crippen LogP contribution in [0.15, 0.2) is 42.6 Å². The van der Waals surface area contributed by atoms with Crippen molar-refractivity contribution in [3.05, 3.63) is 48.4 Å². The van der Waals surface area contributed by atoms with Gasteiger partial charge in [0.15, 0.2) is 0 Å². The fraction of sp³-hybridized carbons (Fsp3) is 0.267. The predicted octanol–water partition coefficient (Wildman–Crippen LogP) is 2.63. The smallest absolute Gasteiger partial charge is 0.213 e. The summed E-state index contributed by atoms with van der Waals surface area (Å²) < 4.78 is 18.6. The summed E-state index contributed by atoms with van der Waals surface area (Å²) in [5.41, 5.74) is 1.90. The topological polar surface area (TPSA) is 34.1 Å². The summed E-state index contributed by atoms with van der Waals surface area (Å²) in [5, 5.41) is 3.25. The van der Waals surface area contributed by atoms with E-state index >= 15 is 0 Å². The van der Waals surface area contributed by atoms with Crippen molar-refractivity contribution < 1.29 is 9.13 Å². The zero-order chi connectivity index (χ0) is 13.1. The van der Waals surface area contributed by atoms with Gasteiger partial charge in [0.1, 0.15) is 11.9 Å². The Hall–Kier alpha value is -1.94.